The van der Waals surface area contributed by atoms with E-state index >= 15 is 0 Å². The number of carbonyl (C=O) groups excluding carboxylic acids is 1. The molecule has 0 radical (unpaired) electrons. The molecule has 0 aliphatic heterocycles. The first-order valence-corrected chi connectivity index (χ1v) is 7.33. The summed E-state index contributed by atoms with van der Waals surface area (Å²) in [6.07, 6.45) is 3.28. The molecular formula is C16H14N4O3. The van der Waals surface area contributed by atoms with Crippen molar-refractivity contribution in [3.63, 3.8) is 0 Å². The lowest BCUT2D eigenvalue weighted by Crippen LogP contribution is -2.14. The summed E-state index contributed by atoms with van der Waals surface area (Å²) < 4.78 is 1.60. The minimum atomic E-state index is -0.263. The van der Waals surface area contributed by atoms with Crippen LogP contribution in [0.5, 0.6) is 5.75 Å². The minimum Gasteiger partial charge on any atom is -0.508 e. The van der Waals surface area contributed by atoms with Crippen LogP contribution in [0.2, 0.25) is 0 Å². The SMILES string of the molecule is O=C(Nc1cc2c(cn1)c(=O)[nH]n2-c1ccc(O)cc1)C1CC1. The van der Waals surface area contributed by atoms with E-state index in [0.29, 0.717) is 22.4 Å². The van der Waals surface area contributed by atoms with Gasteiger partial charge in [0.05, 0.1) is 16.6 Å². The fourth-order valence-electron chi connectivity index (χ4n) is 2.47. The Bertz CT molecular complexity index is 952. The third kappa shape index (κ3) is 2.46. The van der Waals surface area contributed by atoms with E-state index in [1.54, 1.807) is 22.9 Å². The summed E-state index contributed by atoms with van der Waals surface area (Å²) >= 11 is 0. The highest BCUT2D eigenvalue weighted by Gasteiger charge is 2.29. The second-order valence-corrected chi connectivity index (χ2v) is 5.64. The third-order valence-corrected chi connectivity index (χ3v) is 3.89. The molecule has 4 rings (SSSR count). The second-order valence-electron chi connectivity index (χ2n) is 5.64. The molecule has 1 aliphatic carbocycles. The first-order chi connectivity index (χ1) is 11.1. The normalized spacial score (nSPS) is 14.1. The van der Waals surface area contributed by atoms with Crippen LogP contribution in [0.15, 0.2) is 41.3 Å². The van der Waals surface area contributed by atoms with Crippen molar-refractivity contribution in [2.75, 3.05) is 5.32 Å². The monoisotopic (exact) mass is 310 g/mol. The molecule has 0 saturated heterocycles. The van der Waals surface area contributed by atoms with Gasteiger partial charge >= 0.3 is 0 Å². The number of aromatic amines is 1. The maximum Gasteiger partial charge on any atom is 0.273 e. The van der Waals surface area contributed by atoms with Crippen LogP contribution < -0.4 is 10.9 Å². The summed E-state index contributed by atoms with van der Waals surface area (Å²) in [6, 6.07) is 8.12. The Morgan fingerprint density at radius 3 is 2.74 bits per heavy atom. The van der Waals surface area contributed by atoms with Crippen LogP contribution in [0.3, 0.4) is 0 Å². The number of hydrogen-bond donors (Lipinski definition) is 3. The molecule has 0 bridgehead atoms. The highest BCUT2D eigenvalue weighted by molar-refractivity contribution is 5.94. The molecule has 0 unspecified atom stereocenters. The lowest BCUT2D eigenvalue weighted by molar-refractivity contribution is -0.117. The summed E-state index contributed by atoms with van der Waals surface area (Å²) in [5.74, 6) is 0.608. The number of nitrogens with zero attached hydrogens (tertiary/aromatic N) is 2. The number of phenolic OH excluding ortho intramolecular Hbond substituents is 1. The van der Waals surface area contributed by atoms with E-state index < -0.39 is 0 Å². The zero-order valence-corrected chi connectivity index (χ0v) is 12.1. The van der Waals surface area contributed by atoms with Gasteiger partial charge in [-0.1, -0.05) is 0 Å². The number of H-pyrrole nitrogens is 1. The maximum atomic E-state index is 12.0. The Hall–Kier alpha value is -3.09. The summed E-state index contributed by atoms with van der Waals surface area (Å²) in [6.45, 7) is 0. The van der Waals surface area contributed by atoms with E-state index in [1.165, 1.54) is 18.3 Å². The predicted octanol–water partition coefficient (Wildman–Crippen LogP) is 1.77. The third-order valence-electron chi connectivity index (χ3n) is 3.89. The maximum absolute atomic E-state index is 12.0. The molecule has 1 saturated carbocycles. The van der Waals surface area contributed by atoms with Crippen LogP contribution in [0.25, 0.3) is 16.6 Å². The van der Waals surface area contributed by atoms with E-state index in [-0.39, 0.29) is 23.1 Å². The highest BCUT2D eigenvalue weighted by atomic mass is 16.3. The number of aromatic nitrogens is 3. The number of amides is 1. The van der Waals surface area contributed by atoms with Gasteiger partial charge in [0.25, 0.3) is 5.56 Å². The first kappa shape index (κ1) is 13.6. The van der Waals surface area contributed by atoms with Crippen molar-refractivity contribution in [1.29, 1.82) is 0 Å². The Balaban J connectivity index is 1.79. The Kier molecular flexibility index (Phi) is 2.94. The van der Waals surface area contributed by atoms with Crippen molar-refractivity contribution in [3.05, 3.63) is 46.9 Å². The topological polar surface area (TPSA) is 100 Å². The molecule has 23 heavy (non-hydrogen) atoms. The summed E-state index contributed by atoms with van der Waals surface area (Å²) in [5, 5.41) is 15.3. The zero-order chi connectivity index (χ0) is 16.0. The number of phenols is 1. The van der Waals surface area contributed by atoms with Crippen molar-refractivity contribution in [1.82, 2.24) is 14.8 Å². The largest absolute Gasteiger partial charge is 0.508 e. The Labute approximate surface area is 130 Å². The number of nitrogens with one attached hydrogen (secondary N) is 2. The average Bonchev–Trinajstić information content (AvgIpc) is 3.34. The van der Waals surface area contributed by atoms with Gasteiger partial charge in [-0.3, -0.25) is 19.4 Å². The lowest BCUT2D eigenvalue weighted by atomic mass is 10.3. The van der Waals surface area contributed by atoms with E-state index in [2.05, 4.69) is 15.4 Å². The summed E-state index contributed by atoms with van der Waals surface area (Å²) in [4.78, 5) is 28.0. The number of aromatic hydroxyl groups is 1. The molecule has 3 aromatic rings. The van der Waals surface area contributed by atoms with Gasteiger partial charge in [0.15, 0.2) is 0 Å². The molecular weight excluding hydrogens is 296 g/mol. The number of rotatable bonds is 3. The van der Waals surface area contributed by atoms with Crippen LogP contribution in [-0.2, 0) is 4.79 Å². The summed E-state index contributed by atoms with van der Waals surface area (Å²) in [7, 11) is 0. The van der Waals surface area contributed by atoms with Gasteiger partial charge in [0.1, 0.15) is 11.6 Å². The molecule has 0 spiro atoms. The molecule has 1 amide bonds. The van der Waals surface area contributed by atoms with Gasteiger partial charge in [0, 0.05) is 18.2 Å². The molecule has 7 heteroatoms. The van der Waals surface area contributed by atoms with Crippen molar-refractivity contribution in [3.8, 4) is 11.4 Å². The van der Waals surface area contributed by atoms with Gasteiger partial charge in [-0.25, -0.2) is 4.98 Å². The van der Waals surface area contributed by atoms with Gasteiger partial charge in [0.2, 0.25) is 5.91 Å². The molecule has 0 atom stereocenters. The van der Waals surface area contributed by atoms with E-state index in [4.69, 9.17) is 0 Å². The average molecular weight is 310 g/mol. The fraction of sp³-hybridized carbons (Fsp3) is 0.188. The van der Waals surface area contributed by atoms with Gasteiger partial charge in [-0.05, 0) is 37.1 Å². The molecule has 116 valence electrons. The molecule has 7 nitrogen and oxygen atoms in total. The Morgan fingerprint density at radius 1 is 1.30 bits per heavy atom. The van der Waals surface area contributed by atoms with Crippen molar-refractivity contribution in [2.45, 2.75) is 12.8 Å². The predicted molar refractivity (Wildman–Crippen MR) is 84.7 cm³/mol. The van der Waals surface area contributed by atoms with Gasteiger partial charge < -0.3 is 10.4 Å². The molecule has 1 fully saturated rings. The number of carbonyl (C=O) groups is 1. The van der Waals surface area contributed by atoms with Crippen molar-refractivity contribution >= 4 is 22.6 Å². The second kappa shape index (κ2) is 4.98. The van der Waals surface area contributed by atoms with E-state index in [1.807, 2.05) is 0 Å². The van der Waals surface area contributed by atoms with Crippen molar-refractivity contribution < 1.29 is 9.90 Å². The van der Waals surface area contributed by atoms with E-state index in [9.17, 15) is 14.7 Å². The van der Waals surface area contributed by atoms with Crippen LogP contribution in [0.1, 0.15) is 12.8 Å². The number of anilines is 1. The summed E-state index contributed by atoms with van der Waals surface area (Å²) in [5.41, 5.74) is 1.04. The van der Waals surface area contributed by atoms with Crippen LogP contribution in [0.4, 0.5) is 5.82 Å². The molecule has 2 aromatic heterocycles. The van der Waals surface area contributed by atoms with Crippen LogP contribution in [-0.4, -0.2) is 25.8 Å². The lowest BCUT2D eigenvalue weighted by Gasteiger charge is -2.06. The highest BCUT2D eigenvalue weighted by Crippen LogP contribution is 2.30. The number of fused-ring (bicyclic) bond motifs is 1. The van der Waals surface area contributed by atoms with E-state index in [0.717, 1.165) is 12.8 Å². The fourth-order valence-corrected chi connectivity index (χ4v) is 2.47. The van der Waals surface area contributed by atoms with Gasteiger partial charge in [-0.15, -0.1) is 0 Å². The van der Waals surface area contributed by atoms with Crippen LogP contribution in [0, 0.1) is 5.92 Å². The Morgan fingerprint density at radius 2 is 2.04 bits per heavy atom. The molecule has 1 aliphatic rings. The van der Waals surface area contributed by atoms with Crippen LogP contribution >= 0.6 is 0 Å². The molecule has 1 aromatic carbocycles. The number of pyridine rings is 1. The first-order valence-electron chi connectivity index (χ1n) is 7.33. The zero-order valence-electron chi connectivity index (χ0n) is 12.1. The smallest absolute Gasteiger partial charge is 0.273 e. The number of hydrogen-bond acceptors (Lipinski definition) is 4. The van der Waals surface area contributed by atoms with Gasteiger partial charge in [-0.2, -0.15) is 0 Å². The number of benzene rings is 1. The van der Waals surface area contributed by atoms with Crippen molar-refractivity contribution in [2.24, 2.45) is 5.92 Å². The molecule has 2 heterocycles. The molecule has 3 N–H and O–H groups in total. The minimum absolute atomic E-state index is 0.0362. The quantitative estimate of drug-likeness (QED) is 0.686. The standard InChI is InChI=1S/C16H14N4O3/c21-11-5-3-10(4-6-11)20-13-7-14(18-15(22)9-1-2-9)17-8-12(13)16(23)19-20/h3-9,21H,1-2H2,(H,19,23)(H,17,18,22).